The molecule has 36 heavy (non-hydrogen) atoms. The average Bonchev–Trinajstić information content (AvgIpc) is 2.88. The van der Waals surface area contributed by atoms with Crippen molar-refractivity contribution in [2.75, 3.05) is 45.7 Å². The first-order valence-electron chi connectivity index (χ1n) is 12.9. The summed E-state index contributed by atoms with van der Waals surface area (Å²) in [7, 11) is 3.50. The second-order valence-electron chi connectivity index (χ2n) is 9.84. The van der Waals surface area contributed by atoms with Crippen molar-refractivity contribution in [2.45, 2.75) is 52.2 Å². The van der Waals surface area contributed by atoms with E-state index in [0.717, 1.165) is 25.9 Å². The molecule has 2 aromatic carbocycles. The van der Waals surface area contributed by atoms with Gasteiger partial charge in [-0.1, -0.05) is 44.2 Å². The molecule has 7 nitrogen and oxygen atoms in total. The zero-order valence-electron chi connectivity index (χ0n) is 22.3. The van der Waals surface area contributed by atoms with Crippen LogP contribution in [0.2, 0.25) is 0 Å². The minimum Gasteiger partial charge on any atom is -0.491 e. The van der Waals surface area contributed by atoms with Crippen LogP contribution < -0.4 is 10.1 Å². The van der Waals surface area contributed by atoms with E-state index in [9.17, 15) is 9.59 Å². The van der Waals surface area contributed by atoms with E-state index in [1.54, 1.807) is 37.3 Å². The van der Waals surface area contributed by atoms with Crippen LogP contribution in [0, 0.1) is 5.92 Å². The molecule has 1 heterocycles. The number of nitrogens with one attached hydrogen (secondary N) is 1. The third kappa shape index (κ3) is 7.55. The highest BCUT2D eigenvalue weighted by atomic mass is 16.5. The van der Waals surface area contributed by atoms with Crippen molar-refractivity contribution in [3.8, 4) is 5.75 Å². The molecule has 7 heteroatoms. The fraction of sp³-hybridized carbons (Fsp3) is 0.517. The Morgan fingerprint density at radius 2 is 1.89 bits per heavy atom. The fourth-order valence-corrected chi connectivity index (χ4v) is 4.61. The summed E-state index contributed by atoms with van der Waals surface area (Å²) in [5.41, 5.74) is 2.35. The van der Waals surface area contributed by atoms with Crippen LogP contribution in [0.25, 0.3) is 0 Å². The van der Waals surface area contributed by atoms with Gasteiger partial charge in [0.15, 0.2) is 0 Å². The smallest absolute Gasteiger partial charge is 0.257 e. The molecular formula is C29H41N3O4. The number of hydrogen-bond acceptors (Lipinski definition) is 5. The van der Waals surface area contributed by atoms with Crippen LogP contribution in [0.15, 0.2) is 48.5 Å². The van der Waals surface area contributed by atoms with Crippen LogP contribution in [-0.2, 0) is 16.0 Å². The maximum atomic E-state index is 13.5. The maximum absolute atomic E-state index is 13.5. The summed E-state index contributed by atoms with van der Waals surface area (Å²) in [5, 5.41) is 2.89. The molecule has 1 N–H and O–H groups in total. The number of anilines is 1. The minimum absolute atomic E-state index is 0.0664. The number of amides is 2. The quantitative estimate of drug-likeness (QED) is 0.614. The average molecular weight is 496 g/mol. The van der Waals surface area contributed by atoms with Crippen LogP contribution in [0.1, 0.15) is 49.5 Å². The van der Waals surface area contributed by atoms with Crippen molar-refractivity contribution >= 4 is 17.5 Å². The molecule has 1 aliphatic rings. The van der Waals surface area contributed by atoms with Gasteiger partial charge in [0, 0.05) is 51.9 Å². The Morgan fingerprint density at radius 1 is 1.14 bits per heavy atom. The molecule has 0 aliphatic carbocycles. The number of nitrogens with zero attached hydrogens (tertiary/aromatic N) is 2. The third-order valence-electron chi connectivity index (χ3n) is 6.87. The molecule has 0 fully saturated rings. The van der Waals surface area contributed by atoms with Crippen LogP contribution in [-0.4, -0.2) is 74.2 Å². The Hall–Kier alpha value is -2.90. The fourth-order valence-electron chi connectivity index (χ4n) is 4.61. The van der Waals surface area contributed by atoms with Crippen molar-refractivity contribution in [3.63, 3.8) is 0 Å². The van der Waals surface area contributed by atoms with Gasteiger partial charge in [-0.2, -0.15) is 0 Å². The number of likely N-dealkylation sites (N-methyl/N-ethyl adjacent to an activating group) is 1. The van der Waals surface area contributed by atoms with E-state index >= 15 is 0 Å². The van der Waals surface area contributed by atoms with Gasteiger partial charge in [0.1, 0.15) is 12.4 Å². The summed E-state index contributed by atoms with van der Waals surface area (Å²) in [5.74, 6) is 0.517. The predicted molar refractivity (Wildman–Crippen MR) is 144 cm³/mol. The Bertz CT molecular complexity index is 997. The SMILES string of the molecule is CCCC(=O)Nc1ccc2c(c1)C(=O)N(C)C[C@H](OC)[C@@H](C)CN(CCc1ccccc1)[C@H](C)CO2. The van der Waals surface area contributed by atoms with Gasteiger partial charge in [-0.3, -0.25) is 14.5 Å². The molecule has 0 aromatic heterocycles. The largest absolute Gasteiger partial charge is 0.491 e. The number of methoxy groups -OCH3 is 1. The molecule has 1 aliphatic heterocycles. The van der Waals surface area contributed by atoms with E-state index in [1.165, 1.54) is 5.56 Å². The predicted octanol–water partition coefficient (Wildman–Crippen LogP) is 4.47. The maximum Gasteiger partial charge on any atom is 0.257 e. The molecule has 0 bridgehead atoms. The van der Waals surface area contributed by atoms with E-state index in [1.807, 2.05) is 13.0 Å². The summed E-state index contributed by atoms with van der Waals surface area (Å²) in [4.78, 5) is 29.7. The highest BCUT2D eigenvalue weighted by Gasteiger charge is 2.28. The van der Waals surface area contributed by atoms with Gasteiger partial charge in [-0.15, -0.1) is 0 Å². The van der Waals surface area contributed by atoms with Crippen molar-refractivity contribution in [1.82, 2.24) is 9.80 Å². The zero-order valence-corrected chi connectivity index (χ0v) is 22.3. The molecule has 0 spiro atoms. The summed E-state index contributed by atoms with van der Waals surface area (Å²) in [6, 6.07) is 15.9. The topological polar surface area (TPSA) is 71.1 Å². The molecular weight excluding hydrogens is 454 g/mol. The summed E-state index contributed by atoms with van der Waals surface area (Å²) < 4.78 is 12.1. The van der Waals surface area contributed by atoms with Crippen molar-refractivity contribution in [3.05, 3.63) is 59.7 Å². The Balaban J connectivity index is 1.87. The van der Waals surface area contributed by atoms with Crippen molar-refractivity contribution in [1.29, 1.82) is 0 Å². The van der Waals surface area contributed by atoms with Gasteiger partial charge in [-0.05, 0) is 49.4 Å². The summed E-state index contributed by atoms with van der Waals surface area (Å²) >= 11 is 0. The lowest BCUT2D eigenvalue weighted by Gasteiger charge is -2.36. The van der Waals surface area contributed by atoms with Gasteiger partial charge in [0.2, 0.25) is 5.91 Å². The molecule has 2 aromatic rings. The Morgan fingerprint density at radius 3 is 2.58 bits per heavy atom. The Kier molecular flexibility index (Phi) is 10.3. The second-order valence-corrected chi connectivity index (χ2v) is 9.84. The number of ether oxygens (including phenoxy) is 2. The first-order chi connectivity index (χ1) is 17.3. The monoisotopic (exact) mass is 495 g/mol. The molecule has 196 valence electrons. The van der Waals surface area contributed by atoms with Crippen molar-refractivity contribution in [2.24, 2.45) is 5.92 Å². The van der Waals surface area contributed by atoms with Gasteiger partial charge >= 0.3 is 0 Å². The van der Waals surface area contributed by atoms with E-state index in [-0.39, 0.29) is 29.9 Å². The lowest BCUT2D eigenvalue weighted by atomic mass is 10.0. The van der Waals surface area contributed by atoms with Crippen LogP contribution >= 0.6 is 0 Å². The molecule has 2 amide bonds. The number of fused-ring (bicyclic) bond motifs is 1. The summed E-state index contributed by atoms with van der Waals surface area (Å²) in [6.07, 6.45) is 2.04. The van der Waals surface area contributed by atoms with Gasteiger partial charge in [-0.25, -0.2) is 0 Å². The molecule has 0 saturated heterocycles. The number of benzene rings is 2. The van der Waals surface area contributed by atoms with E-state index in [2.05, 4.69) is 48.3 Å². The number of carbonyl (C=O) groups is 2. The highest BCUT2D eigenvalue weighted by molar-refractivity contribution is 5.99. The lowest BCUT2D eigenvalue weighted by Crippen LogP contribution is -2.47. The molecule has 0 radical (unpaired) electrons. The molecule has 0 saturated carbocycles. The minimum atomic E-state index is -0.153. The van der Waals surface area contributed by atoms with Crippen LogP contribution in [0.5, 0.6) is 5.75 Å². The summed E-state index contributed by atoms with van der Waals surface area (Å²) in [6.45, 7) is 8.96. The van der Waals surface area contributed by atoms with Crippen LogP contribution in [0.3, 0.4) is 0 Å². The first kappa shape index (κ1) is 27.7. The third-order valence-corrected chi connectivity index (χ3v) is 6.87. The molecule has 3 rings (SSSR count). The van der Waals surface area contributed by atoms with Gasteiger partial charge in [0.05, 0.1) is 11.7 Å². The molecule has 3 atom stereocenters. The van der Waals surface area contributed by atoms with E-state index in [0.29, 0.717) is 36.6 Å². The molecule has 0 unspecified atom stereocenters. The lowest BCUT2D eigenvalue weighted by molar-refractivity contribution is -0.116. The number of rotatable bonds is 7. The highest BCUT2D eigenvalue weighted by Crippen LogP contribution is 2.26. The van der Waals surface area contributed by atoms with E-state index < -0.39 is 0 Å². The zero-order chi connectivity index (χ0) is 26.1. The standard InChI is InChI=1S/C29H41N3O4/c1-6-10-28(33)30-24-13-14-26-25(17-24)29(34)31(4)19-27(35-5)21(2)18-32(22(3)20-36-26)16-15-23-11-8-7-9-12-23/h7-9,11-14,17,21-22,27H,6,10,15-16,18-20H2,1-5H3,(H,30,33)/t21-,22+,27-/m0/s1. The van der Waals surface area contributed by atoms with Crippen molar-refractivity contribution < 1.29 is 19.1 Å². The van der Waals surface area contributed by atoms with Gasteiger partial charge < -0.3 is 19.7 Å². The number of hydrogen-bond donors (Lipinski definition) is 1. The number of carbonyl (C=O) groups excluding carboxylic acids is 2. The van der Waals surface area contributed by atoms with Gasteiger partial charge in [0.25, 0.3) is 5.91 Å². The van der Waals surface area contributed by atoms with E-state index in [4.69, 9.17) is 9.47 Å². The van der Waals surface area contributed by atoms with Crippen LogP contribution in [0.4, 0.5) is 5.69 Å². The normalized spacial score (nSPS) is 21.6. The first-order valence-corrected chi connectivity index (χ1v) is 12.9. The second kappa shape index (κ2) is 13.4. The Labute approximate surface area is 215 Å².